The van der Waals surface area contributed by atoms with Crippen molar-refractivity contribution in [3.8, 4) is 0 Å². The second-order valence-electron chi connectivity index (χ2n) is 4.45. The molecule has 82 valence electrons. The van der Waals surface area contributed by atoms with Crippen LogP contribution in [0.1, 0.15) is 36.7 Å². The van der Waals surface area contributed by atoms with Gasteiger partial charge in [-0.1, -0.05) is 20.8 Å². The molecule has 0 aliphatic carbocycles. The van der Waals surface area contributed by atoms with Crippen LogP contribution in [0.4, 0.5) is 10.1 Å². The molecule has 0 atom stereocenters. The number of aromatic carboxylic acids is 1. The first-order chi connectivity index (χ1) is 6.75. The van der Waals surface area contributed by atoms with Gasteiger partial charge in [0.05, 0.1) is 5.56 Å². The minimum atomic E-state index is -1.28. The van der Waals surface area contributed by atoms with Gasteiger partial charge in [-0.2, -0.15) is 0 Å². The van der Waals surface area contributed by atoms with Crippen molar-refractivity contribution in [1.29, 1.82) is 0 Å². The highest BCUT2D eigenvalue weighted by molar-refractivity contribution is 5.89. The third kappa shape index (κ3) is 2.09. The molecule has 0 aliphatic heterocycles. The number of rotatable bonds is 1. The molecular weight excluding hydrogens is 197 g/mol. The molecule has 1 rings (SSSR count). The summed E-state index contributed by atoms with van der Waals surface area (Å²) < 4.78 is 13.8. The molecule has 0 saturated carbocycles. The van der Waals surface area contributed by atoms with Gasteiger partial charge in [-0.15, -0.1) is 0 Å². The summed E-state index contributed by atoms with van der Waals surface area (Å²) in [5.74, 6) is -2.02. The standard InChI is InChI=1S/C11H14FNO2/c1-11(2,3)8-7(13)5-4-6(9(8)12)10(14)15/h4-5H,13H2,1-3H3,(H,14,15). The molecule has 0 amide bonds. The molecule has 0 fully saturated rings. The molecular formula is C11H14FNO2. The predicted molar refractivity (Wildman–Crippen MR) is 56.5 cm³/mol. The van der Waals surface area contributed by atoms with Gasteiger partial charge in [0.15, 0.2) is 0 Å². The van der Waals surface area contributed by atoms with Crippen LogP contribution in [0.5, 0.6) is 0 Å². The highest BCUT2D eigenvalue weighted by Gasteiger charge is 2.25. The van der Waals surface area contributed by atoms with Crippen LogP contribution >= 0.6 is 0 Å². The number of halogens is 1. The van der Waals surface area contributed by atoms with Crippen molar-refractivity contribution in [2.75, 3.05) is 5.73 Å². The van der Waals surface area contributed by atoms with Crippen molar-refractivity contribution < 1.29 is 14.3 Å². The van der Waals surface area contributed by atoms with Crippen molar-refractivity contribution in [2.24, 2.45) is 0 Å². The molecule has 3 N–H and O–H groups in total. The van der Waals surface area contributed by atoms with E-state index in [4.69, 9.17) is 10.8 Å². The number of benzene rings is 1. The van der Waals surface area contributed by atoms with Crippen molar-refractivity contribution in [2.45, 2.75) is 26.2 Å². The number of hydrogen-bond donors (Lipinski definition) is 2. The Morgan fingerprint density at radius 1 is 1.40 bits per heavy atom. The Morgan fingerprint density at radius 2 is 1.93 bits per heavy atom. The third-order valence-corrected chi connectivity index (χ3v) is 2.15. The Labute approximate surface area is 87.7 Å². The van der Waals surface area contributed by atoms with E-state index in [1.165, 1.54) is 12.1 Å². The van der Waals surface area contributed by atoms with Crippen LogP contribution in [-0.2, 0) is 5.41 Å². The van der Waals surface area contributed by atoms with Crippen LogP contribution < -0.4 is 5.73 Å². The summed E-state index contributed by atoms with van der Waals surface area (Å²) in [5, 5.41) is 8.77. The summed E-state index contributed by atoms with van der Waals surface area (Å²) in [6.45, 7) is 5.36. The largest absolute Gasteiger partial charge is 0.478 e. The van der Waals surface area contributed by atoms with E-state index in [1.54, 1.807) is 20.8 Å². The Hall–Kier alpha value is -1.58. The Kier molecular flexibility index (Phi) is 2.71. The minimum Gasteiger partial charge on any atom is -0.478 e. The van der Waals surface area contributed by atoms with E-state index in [1.807, 2.05) is 0 Å². The Bertz CT molecular complexity index is 408. The maximum Gasteiger partial charge on any atom is 0.338 e. The van der Waals surface area contributed by atoms with Gasteiger partial charge in [0.1, 0.15) is 5.82 Å². The molecule has 0 aliphatic rings. The summed E-state index contributed by atoms with van der Waals surface area (Å²) in [6, 6.07) is 2.61. The Morgan fingerprint density at radius 3 is 2.33 bits per heavy atom. The SMILES string of the molecule is CC(C)(C)c1c(N)ccc(C(=O)O)c1F. The summed E-state index contributed by atoms with van der Waals surface area (Å²) in [4.78, 5) is 10.7. The lowest BCUT2D eigenvalue weighted by Gasteiger charge is -2.22. The molecule has 0 bridgehead atoms. The fourth-order valence-electron chi connectivity index (χ4n) is 1.52. The number of nitrogens with two attached hydrogens (primary N) is 1. The first-order valence-electron chi connectivity index (χ1n) is 4.57. The molecule has 1 aromatic carbocycles. The van der Waals surface area contributed by atoms with E-state index in [9.17, 15) is 9.18 Å². The lowest BCUT2D eigenvalue weighted by atomic mass is 9.84. The Balaban J connectivity index is 3.51. The second-order valence-corrected chi connectivity index (χ2v) is 4.45. The van der Waals surface area contributed by atoms with E-state index in [0.29, 0.717) is 0 Å². The fourth-order valence-corrected chi connectivity index (χ4v) is 1.52. The predicted octanol–water partition coefficient (Wildman–Crippen LogP) is 2.40. The quantitative estimate of drug-likeness (QED) is 0.701. The molecule has 0 unspecified atom stereocenters. The number of carboxylic acid groups (broad SMARTS) is 1. The summed E-state index contributed by atoms with van der Waals surface area (Å²) >= 11 is 0. The van der Waals surface area contributed by atoms with Gasteiger partial charge < -0.3 is 10.8 Å². The van der Waals surface area contributed by atoms with E-state index >= 15 is 0 Å². The number of nitrogen functional groups attached to an aromatic ring is 1. The first kappa shape index (κ1) is 11.5. The van der Waals surface area contributed by atoms with Crippen molar-refractivity contribution >= 4 is 11.7 Å². The minimum absolute atomic E-state index is 0.252. The van der Waals surface area contributed by atoms with Gasteiger partial charge in [-0.25, -0.2) is 9.18 Å². The topological polar surface area (TPSA) is 63.3 Å². The van der Waals surface area contributed by atoms with Crippen LogP contribution in [-0.4, -0.2) is 11.1 Å². The number of anilines is 1. The molecule has 0 saturated heterocycles. The van der Waals surface area contributed by atoms with Crippen LogP contribution in [0.3, 0.4) is 0 Å². The molecule has 0 aromatic heterocycles. The fraction of sp³-hybridized carbons (Fsp3) is 0.364. The van der Waals surface area contributed by atoms with E-state index < -0.39 is 17.2 Å². The maximum atomic E-state index is 13.8. The summed E-state index contributed by atoms with van der Waals surface area (Å²) in [6.07, 6.45) is 0. The molecule has 3 nitrogen and oxygen atoms in total. The van der Waals surface area contributed by atoms with Crippen LogP contribution in [0.2, 0.25) is 0 Å². The zero-order valence-corrected chi connectivity index (χ0v) is 8.97. The highest BCUT2D eigenvalue weighted by Crippen LogP contribution is 2.31. The van der Waals surface area contributed by atoms with Gasteiger partial charge >= 0.3 is 5.97 Å². The zero-order valence-electron chi connectivity index (χ0n) is 8.97. The number of hydrogen-bond acceptors (Lipinski definition) is 2. The van der Waals surface area contributed by atoms with Crippen LogP contribution in [0.25, 0.3) is 0 Å². The lowest BCUT2D eigenvalue weighted by molar-refractivity contribution is 0.0691. The summed E-state index contributed by atoms with van der Waals surface area (Å²) in [5.41, 5.74) is 5.33. The molecule has 0 spiro atoms. The van der Waals surface area contributed by atoms with Gasteiger partial charge in [0.2, 0.25) is 0 Å². The molecule has 15 heavy (non-hydrogen) atoms. The smallest absolute Gasteiger partial charge is 0.338 e. The highest BCUT2D eigenvalue weighted by atomic mass is 19.1. The van der Waals surface area contributed by atoms with E-state index in [2.05, 4.69) is 0 Å². The maximum absolute atomic E-state index is 13.8. The normalized spacial score (nSPS) is 11.5. The van der Waals surface area contributed by atoms with Gasteiger partial charge in [-0.05, 0) is 17.5 Å². The van der Waals surface area contributed by atoms with Gasteiger partial charge in [0, 0.05) is 11.3 Å². The number of carbonyl (C=O) groups is 1. The van der Waals surface area contributed by atoms with Crippen LogP contribution in [0, 0.1) is 5.82 Å². The lowest BCUT2D eigenvalue weighted by Crippen LogP contribution is -2.18. The molecule has 1 aromatic rings. The summed E-state index contributed by atoms with van der Waals surface area (Å²) in [7, 11) is 0. The molecule has 4 heteroatoms. The number of carboxylic acids is 1. The van der Waals surface area contributed by atoms with Crippen LogP contribution in [0.15, 0.2) is 12.1 Å². The molecule has 0 radical (unpaired) electrons. The average Bonchev–Trinajstić information content (AvgIpc) is 2.00. The van der Waals surface area contributed by atoms with E-state index in [-0.39, 0.29) is 16.8 Å². The molecule has 0 heterocycles. The zero-order chi connectivity index (χ0) is 11.8. The van der Waals surface area contributed by atoms with Crippen molar-refractivity contribution in [3.63, 3.8) is 0 Å². The van der Waals surface area contributed by atoms with E-state index in [0.717, 1.165) is 0 Å². The third-order valence-electron chi connectivity index (χ3n) is 2.15. The second kappa shape index (κ2) is 3.53. The monoisotopic (exact) mass is 211 g/mol. The van der Waals surface area contributed by atoms with Crippen molar-refractivity contribution in [3.05, 3.63) is 29.1 Å². The first-order valence-corrected chi connectivity index (χ1v) is 4.57. The van der Waals surface area contributed by atoms with Crippen molar-refractivity contribution in [1.82, 2.24) is 0 Å². The van der Waals surface area contributed by atoms with Gasteiger partial charge in [0.25, 0.3) is 0 Å². The van der Waals surface area contributed by atoms with Gasteiger partial charge in [-0.3, -0.25) is 0 Å². The average molecular weight is 211 g/mol.